The maximum atomic E-state index is 13.1. The molecule has 1 aliphatic rings. The topological polar surface area (TPSA) is 41.5 Å². The molecule has 2 N–H and O–H groups in total. The van der Waals surface area contributed by atoms with Crippen molar-refractivity contribution in [3.8, 4) is 0 Å². The maximum absolute atomic E-state index is 13.1. The summed E-state index contributed by atoms with van der Waals surface area (Å²) in [6, 6.07) is 4.22. The van der Waals surface area contributed by atoms with Crippen molar-refractivity contribution in [2.24, 2.45) is 0 Å². The Balaban J connectivity index is 2.11. The second-order valence-electron chi connectivity index (χ2n) is 5.13. The normalized spacial score (nSPS) is 22.4. The largest absolute Gasteiger partial charge is 0.394 e. The molecule has 2 atom stereocenters. The summed E-state index contributed by atoms with van der Waals surface area (Å²) in [7, 11) is 0. The molecular formula is C14H19ClFNO2. The average molecular weight is 288 g/mol. The molecule has 2 unspecified atom stereocenters. The van der Waals surface area contributed by atoms with E-state index in [1.165, 1.54) is 12.1 Å². The first-order chi connectivity index (χ1) is 9.05. The lowest BCUT2D eigenvalue weighted by Gasteiger charge is -2.31. The number of aliphatic hydroxyl groups excluding tert-OH is 1. The zero-order valence-electron chi connectivity index (χ0n) is 11.0. The molecule has 1 aromatic carbocycles. The van der Waals surface area contributed by atoms with E-state index in [0.29, 0.717) is 17.1 Å². The fourth-order valence-corrected chi connectivity index (χ4v) is 2.69. The molecule has 0 amide bonds. The van der Waals surface area contributed by atoms with E-state index in [-0.39, 0.29) is 18.5 Å². The Morgan fingerprint density at radius 2 is 2.37 bits per heavy atom. The number of halogens is 2. The van der Waals surface area contributed by atoms with Crippen LogP contribution in [-0.4, -0.2) is 31.0 Å². The Kier molecular flexibility index (Phi) is 4.79. The molecule has 0 radical (unpaired) electrons. The molecule has 3 nitrogen and oxygen atoms in total. The van der Waals surface area contributed by atoms with Crippen molar-refractivity contribution >= 4 is 11.6 Å². The molecule has 1 saturated heterocycles. The molecule has 1 aromatic rings. The molecule has 19 heavy (non-hydrogen) atoms. The predicted molar refractivity (Wildman–Crippen MR) is 72.8 cm³/mol. The summed E-state index contributed by atoms with van der Waals surface area (Å²) >= 11 is 6.07. The van der Waals surface area contributed by atoms with Crippen molar-refractivity contribution in [3.05, 3.63) is 34.6 Å². The van der Waals surface area contributed by atoms with Gasteiger partial charge < -0.3 is 15.2 Å². The van der Waals surface area contributed by atoms with Crippen molar-refractivity contribution in [1.82, 2.24) is 5.32 Å². The average Bonchev–Trinajstić information content (AvgIpc) is 2.89. The molecule has 5 heteroatoms. The first kappa shape index (κ1) is 14.7. The third-order valence-electron chi connectivity index (χ3n) is 3.59. The zero-order valence-corrected chi connectivity index (χ0v) is 11.7. The Morgan fingerprint density at radius 3 is 2.95 bits per heavy atom. The molecule has 1 heterocycles. The third kappa shape index (κ3) is 3.45. The molecule has 1 fully saturated rings. The molecule has 0 spiro atoms. The van der Waals surface area contributed by atoms with Gasteiger partial charge in [0.1, 0.15) is 5.82 Å². The molecule has 2 rings (SSSR count). The number of rotatable bonds is 5. The number of aliphatic hydroxyl groups is 1. The van der Waals surface area contributed by atoms with Crippen LogP contribution in [0.2, 0.25) is 5.02 Å². The van der Waals surface area contributed by atoms with Crippen LogP contribution in [0.1, 0.15) is 25.3 Å². The lowest BCUT2D eigenvalue weighted by molar-refractivity contribution is 0.0910. The second-order valence-corrected chi connectivity index (χ2v) is 5.54. The fraction of sp³-hybridized carbons (Fsp3) is 0.571. The van der Waals surface area contributed by atoms with E-state index in [1.807, 2.05) is 6.92 Å². The minimum absolute atomic E-state index is 0.120. The SMILES string of the molecule is CC(CO)(NCC1CCCO1)c1ccc(F)cc1Cl. The van der Waals surface area contributed by atoms with E-state index in [0.717, 1.165) is 19.4 Å². The van der Waals surface area contributed by atoms with Gasteiger partial charge in [-0.05, 0) is 37.5 Å². The second kappa shape index (κ2) is 6.18. The van der Waals surface area contributed by atoms with E-state index < -0.39 is 5.54 Å². The molecular weight excluding hydrogens is 269 g/mol. The summed E-state index contributed by atoms with van der Waals surface area (Å²) in [5.74, 6) is -0.381. The van der Waals surface area contributed by atoms with E-state index in [9.17, 15) is 9.50 Å². The van der Waals surface area contributed by atoms with Gasteiger partial charge in [0.2, 0.25) is 0 Å². The van der Waals surface area contributed by atoms with Gasteiger partial charge in [-0.15, -0.1) is 0 Å². The quantitative estimate of drug-likeness (QED) is 0.874. The van der Waals surface area contributed by atoms with Gasteiger partial charge in [0.25, 0.3) is 0 Å². The summed E-state index contributed by atoms with van der Waals surface area (Å²) in [5, 5.41) is 13.2. The third-order valence-corrected chi connectivity index (χ3v) is 3.90. The fourth-order valence-electron chi connectivity index (χ4n) is 2.32. The summed E-state index contributed by atoms with van der Waals surface area (Å²) in [4.78, 5) is 0. The van der Waals surface area contributed by atoms with Crippen molar-refractivity contribution < 1.29 is 14.2 Å². The highest BCUT2D eigenvalue weighted by Gasteiger charge is 2.29. The van der Waals surface area contributed by atoms with Gasteiger partial charge in [-0.25, -0.2) is 4.39 Å². The highest BCUT2D eigenvalue weighted by atomic mass is 35.5. The lowest BCUT2D eigenvalue weighted by atomic mass is 9.92. The smallest absolute Gasteiger partial charge is 0.124 e. The van der Waals surface area contributed by atoms with Crippen LogP contribution in [0, 0.1) is 5.82 Å². The van der Waals surface area contributed by atoms with Gasteiger partial charge in [0.15, 0.2) is 0 Å². The van der Waals surface area contributed by atoms with Crippen molar-refractivity contribution in [2.75, 3.05) is 19.8 Å². The summed E-state index contributed by atoms with van der Waals surface area (Å²) in [6.07, 6.45) is 2.26. The number of benzene rings is 1. The Bertz CT molecular complexity index is 437. The van der Waals surface area contributed by atoms with E-state index in [4.69, 9.17) is 16.3 Å². The monoisotopic (exact) mass is 287 g/mol. The van der Waals surface area contributed by atoms with Gasteiger partial charge >= 0.3 is 0 Å². The molecule has 0 aliphatic carbocycles. The van der Waals surface area contributed by atoms with Crippen LogP contribution in [0.5, 0.6) is 0 Å². The van der Waals surface area contributed by atoms with Crippen LogP contribution in [-0.2, 0) is 10.3 Å². The Hall–Kier alpha value is -0.680. The number of hydrogen-bond donors (Lipinski definition) is 2. The standard InChI is InChI=1S/C14H19ClFNO2/c1-14(9-18,17-8-11-3-2-6-19-11)12-5-4-10(16)7-13(12)15/h4-5,7,11,17-18H,2-3,6,8-9H2,1H3. The van der Waals surface area contributed by atoms with Crippen molar-refractivity contribution in [1.29, 1.82) is 0 Å². The highest BCUT2D eigenvalue weighted by Crippen LogP contribution is 2.29. The molecule has 0 saturated carbocycles. The van der Waals surface area contributed by atoms with E-state index in [1.54, 1.807) is 6.07 Å². The van der Waals surface area contributed by atoms with E-state index >= 15 is 0 Å². The Labute approximate surface area is 117 Å². The van der Waals surface area contributed by atoms with Crippen LogP contribution in [0.25, 0.3) is 0 Å². The van der Waals surface area contributed by atoms with Crippen LogP contribution >= 0.6 is 11.6 Å². The first-order valence-corrected chi connectivity index (χ1v) is 6.86. The highest BCUT2D eigenvalue weighted by molar-refractivity contribution is 6.31. The predicted octanol–water partition coefficient (Wildman–Crippen LogP) is 2.46. The Morgan fingerprint density at radius 1 is 1.58 bits per heavy atom. The maximum Gasteiger partial charge on any atom is 0.124 e. The van der Waals surface area contributed by atoms with Crippen LogP contribution < -0.4 is 5.32 Å². The van der Waals surface area contributed by atoms with Gasteiger partial charge in [-0.1, -0.05) is 17.7 Å². The number of hydrogen-bond acceptors (Lipinski definition) is 3. The van der Waals surface area contributed by atoms with Crippen molar-refractivity contribution in [2.45, 2.75) is 31.4 Å². The summed E-state index contributed by atoms with van der Waals surface area (Å²) in [6.45, 7) is 3.16. The first-order valence-electron chi connectivity index (χ1n) is 6.48. The molecule has 0 bridgehead atoms. The van der Waals surface area contributed by atoms with Crippen LogP contribution in [0.3, 0.4) is 0 Å². The minimum Gasteiger partial charge on any atom is -0.394 e. The number of nitrogens with one attached hydrogen (secondary N) is 1. The number of ether oxygens (including phenoxy) is 1. The van der Waals surface area contributed by atoms with Gasteiger partial charge in [0.05, 0.1) is 18.2 Å². The zero-order chi connectivity index (χ0) is 13.9. The summed E-state index contributed by atoms with van der Waals surface area (Å²) < 4.78 is 18.6. The van der Waals surface area contributed by atoms with Gasteiger partial charge in [-0.2, -0.15) is 0 Å². The minimum atomic E-state index is -0.698. The summed E-state index contributed by atoms with van der Waals surface area (Å²) in [5.41, 5.74) is -0.00689. The van der Waals surface area contributed by atoms with Crippen LogP contribution in [0.4, 0.5) is 4.39 Å². The molecule has 106 valence electrons. The van der Waals surface area contributed by atoms with Crippen molar-refractivity contribution in [3.63, 3.8) is 0 Å². The van der Waals surface area contributed by atoms with Gasteiger partial charge in [0, 0.05) is 18.2 Å². The van der Waals surface area contributed by atoms with Crippen LogP contribution in [0.15, 0.2) is 18.2 Å². The molecule has 0 aromatic heterocycles. The van der Waals surface area contributed by atoms with Gasteiger partial charge in [-0.3, -0.25) is 0 Å². The van der Waals surface area contributed by atoms with E-state index in [2.05, 4.69) is 5.32 Å². The molecule has 1 aliphatic heterocycles. The lowest BCUT2D eigenvalue weighted by Crippen LogP contribution is -2.46.